The molecule has 0 aliphatic carbocycles. The molecular weight excluding hydrogens is 214 g/mol. The van der Waals surface area contributed by atoms with Crippen molar-refractivity contribution >= 4 is 5.91 Å². The van der Waals surface area contributed by atoms with E-state index < -0.39 is 0 Å². The zero-order valence-electron chi connectivity index (χ0n) is 10.1. The van der Waals surface area contributed by atoms with Crippen molar-refractivity contribution < 1.29 is 4.79 Å². The van der Waals surface area contributed by atoms with Crippen LogP contribution in [0.2, 0.25) is 0 Å². The molecule has 1 saturated heterocycles. The lowest BCUT2D eigenvalue weighted by Gasteiger charge is -2.13. The number of carbonyl (C=O) groups excluding carboxylic acids is 1. The second-order valence-corrected chi connectivity index (χ2v) is 4.40. The highest BCUT2D eigenvalue weighted by Crippen LogP contribution is 2.07. The van der Waals surface area contributed by atoms with E-state index in [1.165, 1.54) is 12.8 Å². The van der Waals surface area contributed by atoms with Crippen LogP contribution in [0.15, 0.2) is 24.4 Å². The molecule has 0 aromatic carbocycles. The van der Waals surface area contributed by atoms with Crippen LogP contribution in [0.1, 0.15) is 25.0 Å². The molecule has 4 heteroatoms. The van der Waals surface area contributed by atoms with Crippen LogP contribution >= 0.6 is 0 Å². The molecule has 92 valence electrons. The zero-order chi connectivity index (χ0) is 11.9. The maximum Gasteiger partial charge on any atom is 0.221 e. The molecule has 1 aromatic rings. The number of nitrogens with zero attached hydrogens (tertiary/aromatic N) is 2. The van der Waals surface area contributed by atoms with Crippen LogP contribution in [0.5, 0.6) is 0 Å². The molecule has 0 unspecified atom stereocenters. The molecule has 17 heavy (non-hydrogen) atoms. The first-order valence-corrected chi connectivity index (χ1v) is 6.23. The van der Waals surface area contributed by atoms with Crippen LogP contribution in [0, 0.1) is 0 Å². The van der Waals surface area contributed by atoms with Gasteiger partial charge >= 0.3 is 0 Å². The lowest BCUT2D eigenvalue weighted by atomic mass is 10.3. The van der Waals surface area contributed by atoms with Crippen LogP contribution in [0.3, 0.4) is 0 Å². The standard InChI is InChI=1S/C13H19N3O/c17-13(6-10-16-8-3-4-9-16)15-11-12-5-1-2-7-14-12/h1-2,5,7H,3-4,6,8-11H2,(H,15,17). The highest BCUT2D eigenvalue weighted by molar-refractivity contribution is 5.75. The molecule has 4 nitrogen and oxygen atoms in total. The predicted molar refractivity (Wildman–Crippen MR) is 66.4 cm³/mol. The second-order valence-electron chi connectivity index (χ2n) is 4.40. The molecule has 1 amide bonds. The van der Waals surface area contributed by atoms with Crippen LogP contribution < -0.4 is 5.32 Å². The molecule has 1 aromatic heterocycles. The Hall–Kier alpha value is -1.42. The van der Waals surface area contributed by atoms with Gasteiger partial charge in [-0.15, -0.1) is 0 Å². The molecule has 0 saturated carbocycles. The number of aromatic nitrogens is 1. The van der Waals surface area contributed by atoms with Crippen molar-refractivity contribution in [2.24, 2.45) is 0 Å². The molecule has 1 fully saturated rings. The average Bonchev–Trinajstić information content (AvgIpc) is 2.88. The first-order chi connectivity index (χ1) is 8.34. The molecule has 0 bridgehead atoms. The number of carbonyl (C=O) groups is 1. The van der Waals surface area contributed by atoms with Crippen molar-refractivity contribution in [1.29, 1.82) is 0 Å². The molecular formula is C13H19N3O. The number of rotatable bonds is 5. The van der Waals surface area contributed by atoms with Gasteiger partial charge < -0.3 is 10.2 Å². The fourth-order valence-corrected chi connectivity index (χ4v) is 2.05. The summed E-state index contributed by atoms with van der Waals surface area (Å²) in [6.07, 6.45) is 4.88. The molecule has 0 spiro atoms. The van der Waals surface area contributed by atoms with E-state index in [4.69, 9.17) is 0 Å². The Labute approximate surface area is 102 Å². The smallest absolute Gasteiger partial charge is 0.221 e. The quantitative estimate of drug-likeness (QED) is 0.830. The Bertz CT molecular complexity index is 347. The van der Waals surface area contributed by atoms with Gasteiger partial charge in [-0.2, -0.15) is 0 Å². The summed E-state index contributed by atoms with van der Waals surface area (Å²) in [6, 6.07) is 5.72. The Morgan fingerprint density at radius 3 is 2.88 bits per heavy atom. The van der Waals surface area contributed by atoms with E-state index in [1.54, 1.807) is 6.20 Å². The summed E-state index contributed by atoms with van der Waals surface area (Å²) in [7, 11) is 0. The van der Waals surface area contributed by atoms with Gasteiger partial charge in [-0.25, -0.2) is 0 Å². The third kappa shape index (κ3) is 4.15. The summed E-state index contributed by atoms with van der Waals surface area (Å²) in [4.78, 5) is 18.1. The monoisotopic (exact) mass is 233 g/mol. The van der Waals surface area contributed by atoms with Crippen molar-refractivity contribution in [1.82, 2.24) is 15.2 Å². The van der Waals surface area contributed by atoms with Gasteiger partial charge in [-0.3, -0.25) is 9.78 Å². The average molecular weight is 233 g/mol. The second kappa shape index (κ2) is 6.35. The SMILES string of the molecule is O=C(CCN1CCCC1)NCc1ccccn1. The van der Waals surface area contributed by atoms with E-state index in [9.17, 15) is 4.79 Å². The van der Waals surface area contributed by atoms with Gasteiger partial charge in [0.2, 0.25) is 5.91 Å². The van der Waals surface area contributed by atoms with E-state index in [-0.39, 0.29) is 5.91 Å². The highest BCUT2D eigenvalue weighted by atomic mass is 16.1. The van der Waals surface area contributed by atoms with E-state index >= 15 is 0 Å². The van der Waals surface area contributed by atoms with Crippen molar-refractivity contribution in [3.8, 4) is 0 Å². The van der Waals surface area contributed by atoms with Crippen molar-refractivity contribution in [2.75, 3.05) is 19.6 Å². The number of amides is 1. The van der Waals surface area contributed by atoms with E-state index in [2.05, 4.69) is 15.2 Å². The normalized spacial score (nSPS) is 16.0. The Balaban J connectivity index is 1.64. The first-order valence-electron chi connectivity index (χ1n) is 6.23. The van der Waals surface area contributed by atoms with Gasteiger partial charge in [-0.1, -0.05) is 6.07 Å². The third-order valence-electron chi connectivity index (χ3n) is 3.05. The van der Waals surface area contributed by atoms with Crippen molar-refractivity contribution in [3.05, 3.63) is 30.1 Å². The van der Waals surface area contributed by atoms with Crippen LogP contribution in [0.4, 0.5) is 0 Å². The molecule has 1 aliphatic heterocycles. The largest absolute Gasteiger partial charge is 0.350 e. The van der Waals surface area contributed by atoms with Crippen LogP contribution in [-0.4, -0.2) is 35.4 Å². The summed E-state index contributed by atoms with van der Waals surface area (Å²) in [5.41, 5.74) is 0.905. The van der Waals surface area contributed by atoms with E-state index in [1.807, 2.05) is 18.2 Å². The summed E-state index contributed by atoms with van der Waals surface area (Å²) in [6.45, 7) is 3.70. The van der Waals surface area contributed by atoms with Crippen LogP contribution in [-0.2, 0) is 11.3 Å². The Morgan fingerprint density at radius 2 is 2.18 bits per heavy atom. The zero-order valence-corrected chi connectivity index (χ0v) is 10.1. The Morgan fingerprint density at radius 1 is 1.35 bits per heavy atom. The number of likely N-dealkylation sites (tertiary alicyclic amines) is 1. The maximum atomic E-state index is 11.6. The van der Waals surface area contributed by atoms with Crippen molar-refractivity contribution in [2.45, 2.75) is 25.8 Å². The lowest BCUT2D eigenvalue weighted by molar-refractivity contribution is -0.121. The number of hydrogen-bond acceptors (Lipinski definition) is 3. The number of pyridine rings is 1. The summed E-state index contributed by atoms with van der Waals surface area (Å²) in [5.74, 6) is 0.113. The van der Waals surface area contributed by atoms with Gasteiger partial charge in [0.25, 0.3) is 0 Å². The van der Waals surface area contributed by atoms with Gasteiger partial charge in [0, 0.05) is 19.2 Å². The number of hydrogen-bond donors (Lipinski definition) is 1. The molecule has 0 atom stereocenters. The minimum atomic E-state index is 0.113. The minimum Gasteiger partial charge on any atom is -0.350 e. The summed E-state index contributed by atoms with van der Waals surface area (Å²) >= 11 is 0. The molecule has 1 aliphatic rings. The van der Waals surface area contributed by atoms with Crippen molar-refractivity contribution in [3.63, 3.8) is 0 Å². The van der Waals surface area contributed by atoms with Gasteiger partial charge in [0.05, 0.1) is 12.2 Å². The number of nitrogens with one attached hydrogen (secondary N) is 1. The van der Waals surface area contributed by atoms with E-state index in [0.29, 0.717) is 13.0 Å². The molecule has 1 N–H and O–H groups in total. The Kier molecular flexibility index (Phi) is 4.50. The van der Waals surface area contributed by atoms with Gasteiger partial charge in [0.15, 0.2) is 0 Å². The third-order valence-corrected chi connectivity index (χ3v) is 3.05. The summed E-state index contributed by atoms with van der Waals surface area (Å²) in [5, 5.41) is 2.89. The highest BCUT2D eigenvalue weighted by Gasteiger charge is 2.12. The summed E-state index contributed by atoms with van der Waals surface area (Å²) < 4.78 is 0. The van der Waals surface area contributed by atoms with Crippen LogP contribution in [0.25, 0.3) is 0 Å². The maximum absolute atomic E-state index is 11.6. The lowest BCUT2D eigenvalue weighted by Crippen LogP contribution is -2.29. The van der Waals surface area contributed by atoms with E-state index in [0.717, 1.165) is 25.3 Å². The molecule has 2 heterocycles. The molecule has 2 rings (SSSR count). The first kappa shape index (κ1) is 12.0. The topological polar surface area (TPSA) is 45.2 Å². The predicted octanol–water partition coefficient (Wildman–Crippen LogP) is 1.18. The fourth-order valence-electron chi connectivity index (χ4n) is 2.05. The fraction of sp³-hybridized carbons (Fsp3) is 0.538. The minimum absolute atomic E-state index is 0.113. The van der Waals surface area contributed by atoms with Gasteiger partial charge in [-0.05, 0) is 38.1 Å². The van der Waals surface area contributed by atoms with Gasteiger partial charge in [0.1, 0.15) is 0 Å². The molecule has 0 radical (unpaired) electrons.